The van der Waals surface area contributed by atoms with E-state index in [0.717, 1.165) is 6.29 Å². The Bertz CT molecular complexity index is 573. The Morgan fingerprint density at radius 2 is 2.24 bits per heavy atom. The van der Waals surface area contributed by atoms with Gasteiger partial charge in [0.1, 0.15) is 6.29 Å². The maximum absolute atomic E-state index is 11.8. The van der Waals surface area contributed by atoms with Crippen LogP contribution in [0.2, 0.25) is 0 Å². The van der Waals surface area contributed by atoms with Crippen molar-refractivity contribution in [3.63, 3.8) is 0 Å². The van der Waals surface area contributed by atoms with Gasteiger partial charge in [-0.3, -0.25) is 35.3 Å². The van der Waals surface area contributed by atoms with E-state index in [1.54, 1.807) is 30.1 Å². The third-order valence-electron chi connectivity index (χ3n) is 3.56. The van der Waals surface area contributed by atoms with Gasteiger partial charge in [0.25, 0.3) is 0 Å². The molecule has 1 saturated heterocycles. The van der Waals surface area contributed by atoms with Crippen molar-refractivity contribution in [2.45, 2.75) is 25.4 Å². The summed E-state index contributed by atoms with van der Waals surface area (Å²) in [5, 5.41) is 11.2. The van der Waals surface area contributed by atoms with Gasteiger partial charge in [-0.1, -0.05) is 0 Å². The number of hydrogen-bond donors (Lipinski definition) is 3. The summed E-state index contributed by atoms with van der Waals surface area (Å²) in [5.74, 6) is -0.581. The summed E-state index contributed by atoms with van der Waals surface area (Å²) in [6, 6.07) is 4.41. The van der Waals surface area contributed by atoms with Crippen LogP contribution in [-0.2, 0) is 16.1 Å². The lowest BCUT2D eigenvalue weighted by Crippen LogP contribution is -2.51. The van der Waals surface area contributed by atoms with Crippen molar-refractivity contribution in [3.8, 4) is 0 Å². The molecule has 0 aromatic heterocycles. The molecule has 21 heavy (non-hydrogen) atoms. The summed E-state index contributed by atoms with van der Waals surface area (Å²) in [7, 11) is 1.76. The van der Waals surface area contributed by atoms with Crippen LogP contribution >= 0.6 is 0 Å². The average Bonchev–Trinajstić information content (AvgIpc) is 2.46. The van der Waals surface area contributed by atoms with Crippen LogP contribution in [-0.4, -0.2) is 41.3 Å². The molecule has 1 aliphatic rings. The number of benzene rings is 1. The molecular formula is C14H17N3O4. The van der Waals surface area contributed by atoms with Crippen molar-refractivity contribution in [3.05, 3.63) is 29.3 Å². The van der Waals surface area contributed by atoms with E-state index < -0.39 is 6.04 Å². The van der Waals surface area contributed by atoms with Gasteiger partial charge < -0.3 is 0 Å². The lowest BCUT2D eigenvalue weighted by molar-refractivity contribution is -0.137. The molecule has 0 spiro atoms. The monoisotopic (exact) mass is 291 g/mol. The molecule has 1 heterocycles. The third-order valence-corrected chi connectivity index (χ3v) is 3.56. The third kappa shape index (κ3) is 3.45. The van der Waals surface area contributed by atoms with Crippen molar-refractivity contribution in [1.29, 1.82) is 0 Å². The largest absolute Gasteiger partial charge is 0.298 e. The molecule has 0 saturated carbocycles. The van der Waals surface area contributed by atoms with Crippen LogP contribution in [0.15, 0.2) is 18.2 Å². The molecule has 2 amide bonds. The van der Waals surface area contributed by atoms with Gasteiger partial charge in [0.05, 0.1) is 11.7 Å². The van der Waals surface area contributed by atoms with E-state index in [2.05, 4.69) is 5.32 Å². The van der Waals surface area contributed by atoms with Crippen molar-refractivity contribution < 1.29 is 19.6 Å². The number of carbonyl (C=O) groups excluding carboxylic acids is 3. The second-order valence-electron chi connectivity index (χ2n) is 5.03. The molecule has 1 fully saturated rings. The minimum atomic E-state index is -0.409. The zero-order valence-electron chi connectivity index (χ0n) is 11.6. The van der Waals surface area contributed by atoms with Gasteiger partial charge in [0.15, 0.2) is 0 Å². The van der Waals surface area contributed by atoms with Gasteiger partial charge in [0.2, 0.25) is 11.8 Å². The first kappa shape index (κ1) is 15.1. The van der Waals surface area contributed by atoms with E-state index in [9.17, 15) is 14.4 Å². The standard InChI is InChI=1S/C14H17N3O4/c1-17(12-4-5-13(19)15-14(12)20)7-10-6-11(16-21)3-2-9(10)8-18/h2-3,6,8,12,16,21H,4-5,7H2,1H3,(H,15,19,20). The van der Waals surface area contributed by atoms with E-state index in [-0.39, 0.29) is 11.8 Å². The minimum Gasteiger partial charge on any atom is -0.298 e. The number of likely N-dealkylation sites (N-methyl/N-ethyl adjacent to an activating group) is 1. The van der Waals surface area contributed by atoms with E-state index in [1.807, 2.05) is 5.48 Å². The van der Waals surface area contributed by atoms with Gasteiger partial charge in [-0.2, -0.15) is 0 Å². The lowest BCUT2D eigenvalue weighted by atomic mass is 10.0. The fourth-order valence-electron chi connectivity index (χ4n) is 2.41. The predicted molar refractivity (Wildman–Crippen MR) is 74.9 cm³/mol. The highest BCUT2D eigenvalue weighted by Gasteiger charge is 2.29. The summed E-state index contributed by atoms with van der Waals surface area (Å²) in [5.41, 5.74) is 3.68. The highest BCUT2D eigenvalue weighted by molar-refractivity contribution is 6.00. The summed E-state index contributed by atoms with van der Waals surface area (Å²) in [6.45, 7) is 0.357. The molecule has 3 N–H and O–H groups in total. The van der Waals surface area contributed by atoms with Gasteiger partial charge in [-0.25, -0.2) is 0 Å². The summed E-state index contributed by atoms with van der Waals surface area (Å²) < 4.78 is 0. The minimum absolute atomic E-state index is 0.260. The zero-order chi connectivity index (χ0) is 15.4. The van der Waals surface area contributed by atoms with Crippen LogP contribution in [0.1, 0.15) is 28.8 Å². The molecule has 1 unspecified atom stereocenters. The fraction of sp³-hybridized carbons (Fsp3) is 0.357. The van der Waals surface area contributed by atoms with Crippen LogP contribution in [0, 0.1) is 0 Å². The van der Waals surface area contributed by atoms with Gasteiger partial charge in [0, 0.05) is 18.5 Å². The highest BCUT2D eigenvalue weighted by atomic mass is 16.5. The molecule has 1 aromatic rings. The Balaban J connectivity index is 2.15. The molecule has 0 aliphatic carbocycles. The first-order valence-electron chi connectivity index (χ1n) is 6.57. The topological polar surface area (TPSA) is 98.7 Å². The van der Waals surface area contributed by atoms with Crippen LogP contribution in [0.3, 0.4) is 0 Å². The summed E-state index contributed by atoms with van der Waals surface area (Å²) in [4.78, 5) is 35.8. The second-order valence-corrected chi connectivity index (χ2v) is 5.03. The molecule has 1 aliphatic heterocycles. The van der Waals surface area contributed by atoms with Gasteiger partial charge >= 0.3 is 0 Å². The Morgan fingerprint density at radius 1 is 1.48 bits per heavy atom. The summed E-state index contributed by atoms with van der Waals surface area (Å²) >= 11 is 0. The van der Waals surface area contributed by atoms with Crippen LogP contribution in [0.5, 0.6) is 0 Å². The number of amides is 2. The molecule has 112 valence electrons. The second kappa shape index (κ2) is 6.47. The number of anilines is 1. The predicted octanol–water partition coefficient (Wildman–Crippen LogP) is 0.537. The Kier molecular flexibility index (Phi) is 4.66. The molecular weight excluding hydrogens is 274 g/mol. The Morgan fingerprint density at radius 3 is 2.86 bits per heavy atom. The number of piperidine rings is 1. The zero-order valence-corrected chi connectivity index (χ0v) is 11.6. The normalized spacial score (nSPS) is 18.5. The first-order valence-corrected chi connectivity index (χ1v) is 6.57. The van der Waals surface area contributed by atoms with Crippen LogP contribution in [0.25, 0.3) is 0 Å². The van der Waals surface area contributed by atoms with Crippen molar-refractivity contribution in [2.75, 3.05) is 12.5 Å². The maximum atomic E-state index is 11.8. The molecule has 0 bridgehead atoms. The Labute approximate surface area is 121 Å². The molecule has 7 heteroatoms. The van der Waals surface area contributed by atoms with E-state index in [1.165, 1.54) is 0 Å². The van der Waals surface area contributed by atoms with Gasteiger partial charge in [-0.15, -0.1) is 0 Å². The number of nitrogens with one attached hydrogen (secondary N) is 2. The van der Waals surface area contributed by atoms with Crippen LogP contribution in [0.4, 0.5) is 5.69 Å². The summed E-state index contributed by atoms with van der Waals surface area (Å²) in [6.07, 6.45) is 1.49. The number of rotatable bonds is 5. The van der Waals surface area contributed by atoms with Crippen LogP contribution < -0.4 is 10.8 Å². The number of imide groups is 1. The quantitative estimate of drug-likeness (QED) is 0.416. The SMILES string of the molecule is CN(Cc1cc(NO)ccc1C=O)C1CCC(=O)NC1=O. The fourth-order valence-corrected chi connectivity index (χ4v) is 2.41. The average molecular weight is 291 g/mol. The van der Waals surface area contributed by atoms with Crippen molar-refractivity contribution in [1.82, 2.24) is 10.2 Å². The Hall–Kier alpha value is -2.25. The number of aldehydes is 1. The molecule has 7 nitrogen and oxygen atoms in total. The smallest absolute Gasteiger partial charge is 0.243 e. The van der Waals surface area contributed by atoms with E-state index in [0.29, 0.717) is 36.2 Å². The number of hydrogen-bond acceptors (Lipinski definition) is 6. The molecule has 0 radical (unpaired) electrons. The lowest BCUT2D eigenvalue weighted by Gasteiger charge is -2.30. The molecule has 2 rings (SSSR count). The number of carbonyl (C=O) groups is 3. The highest BCUT2D eigenvalue weighted by Crippen LogP contribution is 2.19. The van der Waals surface area contributed by atoms with Gasteiger partial charge in [-0.05, 0) is 37.2 Å². The molecule has 1 aromatic carbocycles. The molecule has 1 atom stereocenters. The van der Waals surface area contributed by atoms with E-state index >= 15 is 0 Å². The van der Waals surface area contributed by atoms with Crippen molar-refractivity contribution >= 4 is 23.8 Å². The van der Waals surface area contributed by atoms with Crippen molar-refractivity contribution in [2.24, 2.45) is 0 Å². The number of nitrogens with zero attached hydrogens (tertiary/aromatic N) is 1. The maximum Gasteiger partial charge on any atom is 0.243 e. The first-order chi connectivity index (χ1) is 10.0. The van der Waals surface area contributed by atoms with E-state index in [4.69, 9.17) is 5.21 Å².